The molecular weight excluding hydrogens is 522 g/mol. The zero-order chi connectivity index (χ0) is 28.1. The van der Waals surface area contributed by atoms with Crippen LogP contribution in [-0.4, -0.2) is 39.9 Å². The van der Waals surface area contributed by atoms with E-state index in [-0.39, 0.29) is 16.9 Å². The van der Waals surface area contributed by atoms with Gasteiger partial charge in [0.2, 0.25) is 17.6 Å². The van der Waals surface area contributed by atoms with E-state index in [9.17, 15) is 19.5 Å². The number of amides is 1. The van der Waals surface area contributed by atoms with E-state index in [2.05, 4.69) is 25.3 Å². The fourth-order valence-electron chi connectivity index (χ4n) is 5.10. The number of fused-ring (bicyclic) bond motifs is 6. The first kappa shape index (κ1) is 24.4. The van der Waals surface area contributed by atoms with E-state index in [1.807, 2.05) is 18.2 Å². The molecule has 11 heteroatoms. The van der Waals surface area contributed by atoms with Gasteiger partial charge in [-0.05, 0) is 53.6 Å². The van der Waals surface area contributed by atoms with Crippen molar-refractivity contribution in [2.45, 2.75) is 6.23 Å². The van der Waals surface area contributed by atoms with E-state index in [1.165, 1.54) is 10.5 Å². The molecule has 1 aliphatic heterocycles. The molecule has 3 N–H and O–H groups in total. The molecule has 2 aromatic carbocycles. The minimum atomic E-state index is -1.20. The molecule has 5 heterocycles. The van der Waals surface area contributed by atoms with E-state index in [0.29, 0.717) is 27.6 Å². The zero-order valence-corrected chi connectivity index (χ0v) is 21.3. The highest BCUT2D eigenvalue weighted by atomic mass is 16.3. The second-order valence-electron chi connectivity index (χ2n) is 9.54. The molecule has 0 radical (unpaired) electrons. The Morgan fingerprint density at radius 3 is 2.39 bits per heavy atom. The first-order valence-corrected chi connectivity index (χ1v) is 12.8. The van der Waals surface area contributed by atoms with Crippen molar-refractivity contribution in [2.75, 3.05) is 5.32 Å². The van der Waals surface area contributed by atoms with E-state index < -0.39 is 29.2 Å². The zero-order valence-electron chi connectivity index (χ0n) is 21.3. The van der Waals surface area contributed by atoms with Crippen molar-refractivity contribution in [3.05, 3.63) is 123 Å². The molecule has 2 unspecified atom stereocenters. The van der Waals surface area contributed by atoms with Gasteiger partial charge in [-0.15, -0.1) is 0 Å². The van der Waals surface area contributed by atoms with Gasteiger partial charge in [0.1, 0.15) is 17.4 Å². The number of hydrogen-bond donors (Lipinski definition) is 3. The summed E-state index contributed by atoms with van der Waals surface area (Å²) in [5.41, 5.74) is 2.75. The van der Waals surface area contributed by atoms with Gasteiger partial charge in [0.05, 0.1) is 22.1 Å². The first-order valence-electron chi connectivity index (χ1n) is 12.8. The predicted octanol–water partition coefficient (Wildman–Crippen LogP) is 2.18. The molecule has 0 saturated carbocycles. The van der Waals surface area contributed by atoms with Gasteiger partial charge in [-0.3, -0.25) is 34.2 Å². The summed E-state index contributed by atoms with van der Waals surface area (Å²) >= 11 is 0. The number of imidazole rings is 2. The summed E-state index contributed by atoms with van der Waals surface area (Å²) in [7, 11) is 0. The molecule has 2 atom stereocenters. The number of carbonyl (C=O) groups is 1. The van der Waals surface area contributed by atoms with Crippen LogP contribution in [0.4, 0.5) is 5.95 Å². The standard InChI is InChI=1S/C30H21N7O4/c38-25-19(27(40)36-23-7-3-1-5-21(23)32-29(36)34-25)11-9-17(18-13-15-31-16-14-18)10-12-20-26(39)35-30-33-22-6-2-4-8-24(22)37(30)28(20)41/h1-16,19,27,40H,(H,32,34,38)(H,33,35,39)/b11-9+,17-10-,20-12+. The minimum absolute atomic E-state index is 0.0782. The number of hydrogen-bond acceptors (Lipinski definition) is 7. The van der Waals surface area contributed by atoms with Crippen molar-refractivity contribution in [1.82, 2.24) is 28.9 Å². The number of pyridine rings is 1. The summed E-state index contributed by atoms with van der Waals surface area (Å²) in [6, 6.07) is 17.9. The third-order valence-electron chi connectivity index (χ3n) is 7.11. The van der Waals surface area contributed by atoms with Gasteiger partial charge in [-0.2, -0.15) is 0 Å². The van der Waals surface area contributed by atoms with Crippen LogP contribution in [0.3, 0.4) is 0 Å². The Balaban J connectivity index is 1.33. The van der Waals surface area contributed by atoms with Crippen LogP contribution in [0.5, 0.6) is 0 Å². The van der Waals surface area contributed by atoms with E-state index in [4.69, 9.17) is 0 Å². The van der Waals surface area contributed by atoms with Crippen LogP contribution in [0.2, 0.25) is 0 Å². The molecule has 0 aliphatic carbocycles. The molecule has 0 spiro atoms. The monoisotopic (exact) mass is 543 g/mol. The highest BCUT2D eigenvalue weighted by Gasteiger charge is 2.34. The van der Waals surface area contributed by atoms with Crippen LogP contribution in [0.25, 0.3) is 39.5 Å². The average Bonchev–Trinajstić information content (AvgIpc) is 3.54. The molecule has 41 heavy (non-hydrogen) atoms. The normalized spacial score (nSPS) is 18.0. The summed E-state index contributed by atoms with van der Waals surface area (Å²) in [6.45, 7) is 0. The molecule has 4 aromatic heterocycles. The fourth-order valence-corrected chi connectivity index (χ4v) is 5.10. The van der Waals surface area contributed by atoms with Crippen LogP contribution >= 0.6 is 0 Å². The third kappa shape index (κ3) is 4.03. The van der Waals surface area contributed by atoms with Crippen molar-refractivity contribution >= 4 is 51.3 Å². The minimum Gasteiger partial charge on any atom is -0.372 e. The lowest BCUT2D eigenvalue weighted by Crippen LogP contribution is -2.44. The Labute approximate surface area is 230 Å². The van der Waals surface area contributed by atoms with Crippen LogP contribution in [0.1, 0.15) is 11.8 Å². The van der Waals surface area contributed by atoms with Gasteiger partial charge in [-0.25, -0.2) is 14.4 Å². The fraction of sp³-hybridized carbons (Fsp3) is 0.0667. The lowest BCUT2D eigenvalue weighted by Gasteiger charge is -2.27. The number of benzene rings is 2. The van der Waals surface area contributed by atoms with Crippen molar-refractivity contribution in [3.63, 3.8) is 0 Å². The van der Waals surface area contributed by atoms with Gasteiger partial charge in [0.15, 0.2) is 0 Å². The number of aromatic amines is 1. The van der Waals surface area contributed by atoms with Gasteiger partial charge in [-0.1, -0.05) is 42.5 Å². The number of aromatic nitrogens is 6. The van der Waals surface area contributed by atoms with E-state index in [0.717, 1.165) is 5.56 Å². The van der Waals surface area contributed by atoms with E-state index in [1.54, 1.807) is 77.7 Å². The molecular formula is C30H21N7O4. The number of nitrogens with zero attached hydrogens (tertiary/aromatic N) is 5. The Kier molecular flexibility index (Phi) is 5.65. The topological polar surface area (TPSA) is 147 Å². The van der Waals surface area contributed by atoms with Crippen molar-refractivity contribution in [3.8, 4) is 0 Å². The highest BCUT2D eigenvalue weighted by Crippen LogP contribution is 2.33. The number of rotatable bonds is 4. The smallest absolute Gasteiger partial charge is 0.270 e. The van der Waals surface area contributed by atoms with Crippen molar-refractivity contribution in [2.24, 2.45) is 5.92 Å². The molecule has 6 aromatic rings. The van der Waals surface area contributed by atoms with Gasteiger partial charge in [0.25, 0.3) is 11.1 Å². The molecule has 1 aliphatic rings. The Morgan fingerprint density at radius 2 is 1.61 bits per heavy atom. The number of anilines is 1. The van der Waals surface area contributed by atoms with Crippen molar-refractivity contribution in [1.29, 1.82) is 0 Å². The van der Waals surface area contributed by atoms with Crippen LogP contribution in [0, 0.1) is 5.92 Å². The van der Waals surface area contributed by atoms with Crippen LogP contribution in [-0.2, 0) is 4.79 Å². The second-order valence-corrected chi connectivity index (χ2v) is 9.54. The Bertz CT molecular complexity index is 2230. The second kappa shape index (κ2) is 9.50. The molecule has 11 nitrogen and oxygen atoms in total. The highest BCUT2D eigenvalue weighted by molar-refractivity contribution is 5.97. The number of aliphatic hydroxyl groups excluding tert-OH is 1. The summed E-state index contributed by atoms with van der Waals surface area (Å²) in [5, 5.41) is 13.9. The van der Waals surface area contributed by atoms with Crippen LogP contribution in [0.15, 0.2) is 101 Å². The van der Waals surface area contributed by atoms with Gasteiger partial charge < -0.3 is 5.11 Å². The average molecular weight is 544 g/mol. The number of para-hydroxylation sites is 4. The maximum Gasteiger partial charge on any atom is 0.270 e. The van der Waals surface area contributed by atoms with Crippen LogP contribution < -0.4 is 21.7 Å². The van der Waals surface area contributed by atoms with Gasteiger partial charge >= 0.3 is 0 Å². The van der Waals surface area contributed by atoms with E-state index >= 15 is 0 Å². The number of carbonyl (C=O) groups excluding carboxylic acids is 1. The maximum absolute atomic E-state index is 13.4. The maximum atomic E-state index is 13.4. The lowest BCUT2D eigenvalue weighted by atomic mass is 10.00. The molecule has 7 rings (SSSR count). The number of H-pyrrole nitrogens is 1. The number of allylic oxidation sites excluding steroid dienone is 3. The molecule has 1 amide bonds. The number of nitrogens with one attached hydrogen (secondary N) is 2. The summed E-state index contributed by atoms with van der Waals surface area (Å²) in [6.07, 6.45) is 8.34. The lowest BCUT2D eigenvalue weighted by molar-refractivity contribution is -0.124. The summed E-state index contributed by atoms with van der Waals surface area (Å²) in [5.74, 6) is -0.903. The molecule has 200 valence electrons. The SMILES string of the molecule is O=C1Nc2nc3ccccc3n2C(O)C1/C=C/C(=C/C=c1\c(=O)[nH]c2nc3ccccc3n2c1=O)c1ccncc1. The molecule has 0 fully saturated rings. The summed E-state index contributed by atoms with van der Waals surface area (Å²) in [4.78, 5) is 54.7. The Morgan fingerprint density at radius 1 is 0.902 bits per heavy atom. The molecule has 0 bridgehead atoms. The molecule has 0 saturated heterocycles. The predicted molar refractivity (Wildman–Crippen MR) is 154 cm³/mol. The largest absolute Gasteiger partial charge is 0.372 e. The first-order chi connectivity index (χ1) is 20.0. The third-order valence-corrected chi connectivity index (χ3v) is 7.11. The number of aliphatic hydroxyl groups is 1. The summed E-state index contributed by atoms with van der Waals surface area (Å²) < 4.78 is 2.95. The Hall–Kier alpha value is -5.68. The quantitative estimate of drug-likeness (QED) is 0.289. The van der Waals surface area contributed by atoms with Gasteiger partial charge in [0, 0.05) is 12.4 Å². The van der Waals surface area contributed by atoms with Crippen molar-refractivity contribution < 1.29 is 9.90 Å².